The number of amides is 1. The van der Waals surface area contributed by atoms with E-state index in [1.54, 1.807) is 0 Å². The Morgan fingerprint density at radius 3 is 3.00 bits per heavy atom. The molecule has 1 aromatic heterocycles. The molecule has 0 aromatic carbocycles. The van der Waals surface area contributed by atoms with Crippen molar-refractivity contribution in [2.45, 2.75) is 57.2 Å². The molecular weight excluding hydrogens is 244 g/mol. The van der Waals surface area contributed by atoms with Crippen LogP contribution in [0, 0.1) is 5.92 Å². The topological polar surface area (TPSA) is 95.6 Å². The molecule has 0 bridgehead atoms. The zero-order valence-corrected chi connectivity index (χ0v) is 10.9. The maximum absolute atomic E-state index is 12.1. The number of hydrogen-bond acceptors (Lipinski definition) is 5. The third kappa shape index (κ3) is 2.91. The van der Waals surface area contributed by atoms with Crippen molar-refractivity contribution in [2.75, 3.05) is 0 Å². The summed E-state index contributed by atoms with van der Waals surface area (Å²) in [5.41, 5.74) is 0. The van der Waals surface area contributed by atoms with E-state index in [4.69, 9.17) is 0 Å². The van der Waals surface area contributed by atoms with Gasteiger partial charge < -0.3 is 10.6 Å². The zero-order chi connectivity index (χ0) is 13.1. The first-order valence-corrected chi connectivity index (χ1v) is 7.09. The van der Waals surface area contributed by atoms with Gasteiger partial charge >= 0.3 is 0 Å². The van der Waals surface area contributed by atoms with Crippen molar-refractivity contribution >= 4 is 5.91 Å². The third-order valence-electron chi connectivity index (χ3n) is 4.28. The monoisotopic (exact) mass is 264 g/mol. The molecule has 104 valence electrons. The molecule has 1 aliphatic heterocycles. The first kappa shape index (κ1) is 12.5. The molecule has 7 heteroatoms. The Balaban J connectivity index is 1.50. The first-order chi connectivity index (χ1) is 9.33. The second-order valence-electron chi connectivity index (χ2n) is 5.49. The number of aromatic amines is 1. The van der Waals surface area contributed by atoms with E-state index in [0.29, 0.717) is 18.4 Å². The van der Waals surface area contributed by atoms with Crippen molar-refractivity contribution in [1.82, 2.24) is 31.3 Å². The molecule has 0 spiro atoms. The van der Waals surface area contributed by atoms with Crippen LogP contribution in [0.25, 0.3) is 0 Å². The number of carbonyl (C=O) groups is 1. The summed E-state index contributed by atoms with van der Waals surface area (Å²) in [6.07, 6.45) is 7.24. The lowest BCUT2D eigenvalue weighted by Crippen LogP contribution is -2.54. The van der Waals surface area contributed by atoms with E-state index in [9.17, 15) is 4.79 Å². The second kappa shape index (κ2) is 5.64. The summed E-state index contributed by atoms with van der Waals surface area (Å²) in [6.45, 7) is 0.335. The Morgan fingerprint density at radius 1 is 1.26 bits per heavy atom. The van der Waals surface area contributed by atoms with Gasteiger partial charge in [-0.2, -0.15) is 5.21 Å². The second-order valence-corrected chi connectivity index (χ2v) is 5.49. The van der Waals surface area contributed by atoms with Crippen molar-refractivity contribution in [2.24, 2.45) is 5.92 Å². The van der Waals surface area contributed by atoms with Crippen molar-refractivity contribution in [3.8, 4) is 0 Å². The van der Waals surface area contributed by atoms with Crippen molar-refractivity contribution < 1.29 is 4.79 Å². The summed E-state index contributed by atoms with van der Waals surface area (Å²) in [4.78, 5) is 12.1. The highest BCUT2D eigenvalue weighted by Crippen LogP contribution is 2.32. The molecule has 3 N–H and O–H groups in total. The normalized spacial score (nSPS) is 30.6. The molecule has 1 saturated carbocycles. The van der Waals surface area contributed by atoms with Crippen LogP contribution in [0.5, 0.6) is 0 Å². The summed E-state index contributed by atoms with van der Waals surface area (Å²) < 4.78 is 0. The molecule has 2 aliphatic rings. The van der Waals surface area contributed by atoms with Gasteiger partial charge in [-0.05, 0) is 31.6 Å². The Labute approximate surface area is 111 Å². The molecule has 1 aromatic rings. The van der Waals surface area contributed by atoms with Crippen molar-refractivity contribution in [1.29, 1.82) is 0 Å². The number of nitrogens with one attached hydrogen (secondary N) is 3. The molecule has 2 heterocycles. The lowest BCUT2D eigenvalue weighted by molar-refractivity contribution is -0.124. The maximum Gasteiger partial charge on any atom is 0.237 e. The van der Waals surface area contributed by atoms with Gasteiger partial charge in [-0.1, -0.05) is 18.1 Å². The van der Waals surface area contributed by atoms with Gasteiger partial charge in [0.15, 0.2) is 5.82 Å². The van der Waals surface area contributed by atoms with Gasteiger partial charge in [0.1, 0.15) is 0 Å². The summed E-state index contributed by atoms with van der Waals surface area (Å²) in [7, 11) is 0. The Hall–Kier alpha value is -1.50. The van der Waals surface area contributed by atoms with E-state index < -0.39 is 0 Å². The SMILES string of the molecule is O=C(NCc1nn[nH]n1)C1CCC2CCCCC2N1. The molecule has 1 saturated heterocycles. The molecule has 1 amide bonds. The molecule has 0 radical (unpaired) electrons. The van der Waals surface area contributed by atoms with Crippen LogP contribution in [-0.4, -0.2) is 38.6 Å². The Bertz CT molecular complexity index is 420. The van der Waals surface area contributed by atoms with Gasteiger partial charge in [0, 0.05) is 6.04 Å². The fourth-order valence-electron chi connectivity index (χ4n) is 3.25. The molecule has 7 nitrogen and oxygen atoms in total. The molecular formula is C12H20N6O. The number of hydrogen-bond donors (Lipinski definition) is 3. The lowest BCUT2D eigenvalue weighted by atomic mass is 9.77. The molecule has 3 rings (SSSR count). The van der Waals surface area contributed by atoms with Gasteiger partial charge in [-0.25, -0.2) is 0 Å². The van der Waals surface area contributed by atoms with Gasteiger partial charge in [-0.15, -0.1) is 10.2 Å². The average Bonchev–Trinajstić information content (AvgIpc) is 2.97. The highest BCUT2D eigenvalue weighted by atomic mass is 16.2. The Kier molecular flexibility index (Phi) is 3.72. The minimum absolute atomic E-state index is 0.0498. The van der Waals surface area contributed by atoms with E-state index in [2.05, 4.69) is 31.3 Å². The number of piperidine rings is 1. The zero-order valence-electron chi connectivity index (χ0n) is 10.9. The minimum Gasteiger partial charge on any atom is -0.347 e. The molecule has 19 heavy (non-hydrogen) atoms. The van der Waals surface area contributed by atoms with Gasteiger partial charge in [0.25, 0.3) is 0 Å². The predicted molar refractivity (Wildman–Crippen MR) is 67.9 cm³/mol. The van der Waals surface area contributed by atoms with Crippen LogP contribution in [0.4, 0.5) is 0 Å². The van der Waals surface area contributed by atoms with Crippen LogP contribution in [0.2, 0.25) is 0 Å². The van der Waals surface area contributed by atoms with Crippen LogP contribution in [0.3, 0.4) is 0 Å². The van der Waals surface area contributed by atoms with Crippen LogP contribution >= 0.6 is 0 Å². The van der Waals surface area contributed by atoms with Gasteiger partial charge in [0.05, 0.1) is 12.6 Å². The quantitative estimate of drug-likeness (QED) is 0.721. The molecule has 2 fully saturated rings. The molecule has 1 aliphatic carbocycles. The number of fused-ring (bicyclic) bond motifs is 1. The van der Waals surface area contributed by atoms with Crippen LogP contribution in [0.15, 0.2) is 0 Å². The van der Waals surface area contributed by atoms with E-state index in [0.717, 1.165) is 18.8 Å². The largest absolute Gasteiger partial charge is 0.347 e. The maximum atomic E-state index is 12.1. The summed E-state index contributed by atoms with van der Waals surface area (Å²) in [6, 6.07) is 0.467. The Morgan fingerprint density at radius 2 is 2.16 bits per heavy atom. The fourth-order valence-corrected chi connectivity index (χ4v) is 3.25. The van der Waals surface area contributed by atoms with Gasteiger partial charge in [-0.3, -0.25) is 4.79 Å². The van der Waals surface area contributed by atoms with E-state index in [-0.39, 0.29) is 11.9 Å². The number of H-pyrrole nitrogens is 1. The number of tetrazole rings is 1. The molecule has 3 unspecified atom stereocenters. The standard InChI is InChI=1S/C12H20N6O/c19-12(13-7-11-15-17-18-16-11)10-6-5-8-3-1-2-4-9(8)14-10/h8-10,14H,1-7H2,(H,13,19)(H,15,16,17,18). The predicted octanol–water partition coefficient (Wildman–Crippen LogP) is 0.127. The third-order valence-corrected chi connectivity index (χ3v) is 4.28. The average molecular weight is 264 g/mol. The number of aromatic nitrogens is 4. The smallest absolute Gasteiger partial charge is 0.237 e. The van der Waals surface area contributed by atoms with Crippen LogP contribution < -0.4 is 10.6 Å². The van der Waals surface area contributed by atoms with E-state index in [1.807, 2.05) is 0 Å². The van der Waals surface area contributed by atoms with Crippen molar-refractivity contribution in [3.63, 3.8) is 0 Å². The number of carbonyl (C=O) groups excluding carboxylic acids is 1. The van der Waals surface area contributed by atoms with E-state index in [1.165, 1.54) is 25.7 Å². The first-order valence-electron chi connectivity index (χ1n) is 7.09. The molecule has 3 atom stereocenters. The highest BCUT2D eigenvalue weighted by molar-refractivity contribution is 5.81. The van der Waals surface area contributed by atoms with Crippen molar-refractivity contribution in [3.05, 3.63) is 5.82 Å². The fraction of sp³-hybridized carbons (Fsp3) is 0.833. The minimum atomic E-state index is -0.0637. The lowest BCUT2D eigenvalue weighted by Gasteiger charge is -2.39. The van der Waals surface area contributed by atoms with Crippen LogP contribution in [-0.2, 0) is 11.3 Å². The van der Waals surface area contributed by atoms with E-state index >= 15 is 0 Å². The summed E-state index contributed by atoms with van der Waals surface area (Å²) >= 11 is 0. The summed E-state index contributed by atoms with van der Waals surface area (Å²) in [5, 5.41) is 19.8. The highest BCUT2D eigenvalue weighted by Gasteiger charge is 2.34. The number of rotatable bonds is 3. The van der Waals surface area contributed by atoms with Crippen LogP contribution in [0.1, 0.15) is 44.3 Å². The number of nitrogens with zero attached hydrogens (tertiary/aromatic N) is 3. The van der Waals surface area contributed by atoms with Gasteiger partial charge in [0.2, 0.25) is 5.91 Å². The summed E-state index contributed by atoms with van der Waals surface area (Å²) in [5.74, 6) is 1.34.